The van der Waals surface area contributed by atoms with Crippen molar-refractivity contribution in [1.29, 1.82) is 0 Å². The Bertz CT molecular complexity index is 722. The van der Waals surface area contributed by atoms with Crippen LogP contribution in [-0.4, -0.2) is 12.1 Å². The predicted octanol–water partition coefficient (Wildman–Crippen LogP) is 5.48. The molecule has 0 aliphatic rings. The Hall–Kier alpha value is -2.30. The Morgan fingerprint density at radius 3 is 2.28 bits per heavy atom. The van der Waals surface area contributed by atoms with Gasteiger partial charge in [0.05, 0.1) is 11.8 Å². The molecule has 0 saturated heterocycles. The van der Waals surface area contributed by atoms with Gasteiger partial charge in [0.15, 0.2) is 0 Å². The lowest BCUT2D eigenvalue weighted by Crippen LogP contribution is -2.34. The summed E-state index contributed by atoms with van der Waals surface area (Å²) in [4.78, 5) is 12.7. The molecule has 2 unspecified atom stereocenters. The molecule has 2 atom stereocenters. The van der Waals surface area contributed by atoms with E-state index in [9.17, 15) is 18.0 Å². The second-order valence-corrected chi connectivity index (χ2v) is 6.26. The standard InChI is InChI=1S/C20H22F3NO/c1-4-15-8-10-16(11-9-15)18(14(3)20(21,22)23)19(25)24-17-7-5-6-13(2)12-17/h5-12,14,18H,4H2,1-3H3,(H,24,25). The minimum Gasteiger partial charge on any atom is -0.326 e. The number of alkyl halides is 3. The van der Waals surface area contributed by atoms with Crippen LogP contribution in [0.1, 0.15) is 36.5 Å². The van der Waals surface area contributed by atoms with Gasteiger partial charge in [-0.1, -0.05) is 50.2 Å². The third kappa shape index (κ3) is 4.84. The van der Waals surface area contributed by atoms with Gasteiger partial charge in [-0.2, -0.15) is 13.2 Å². The van der Waals surface area contributed by atoms with Gasteiger partial charge < -0.3 is 5.32 Å². The predicted molar refractivity (Wildman–Crippen MR) is 93.6 cm³/mol. The normalized spacial score (nSPS) is 14.0. The van der Waals surface area contributed by atoms with E-state index in [0.29, 0.717) is 11.3 Å². The highest BCUT2D eigenvalue weighted by Gasteiger charge is 2.44. The molecule has 0 aromatic heterocycles. The third-order valence-corrected chi connectivity index (χ3v) is 4.33. The number of aryl methyl sites for hydroxylation is 2. The zero-order valence-corrected chi connectivity index (χ0v) is 14.5. The van der Waals surface area contributed by atoms with E-state index in [4.69, 9.17) is 0 Å². The van der Waals surface area contributed by atoms with Crippen molar-refractivity contribution in [1.82, 2.24) is 0 Å². The Kier molecular flexibility index (Phi) is 5.88. The first-order chi connectivity index (χ1) is 11.7. The fourth-order valence-electron chi connectivity index (χ4n) is 2.76. The van der Waals surface area contributed by atoms with E-state index >= 15 is 0 Å². The second-order valence-electron chi connectivity index (χ2n) is 6.26. The number of hydrogen-bond donors (Lipinski definition) is 1. The van der Waals surface area contributed by atoms with E-state index in [1.807, 2.05) is 19.9 Å². The van der Waals surface area contributed by atoms with Gasteiger partial charge in [-0.05, 0) is 42.2 Å². The van der Waals surface area contributed by atoms with Gasteiger partial charge >= 0.3 is 6.18 Å². The molecule has 1 amide bonds. The van der Waals surface area contributed by atoms with Gasteiger partial charge in [0.1, 0.15) is 0 Å². The molecule has 0 aliphatic heterocycles. The molecule has 134 valence electrons. The summed E-state index contributed by atoms with van der Waals surface area (Å²) in [6.45, 7) is 4.87. The number of nitrogens with one attached hydrogen (secondary N) is 1. The molecule has 25 heavy (non-hydrogen) atoms. The van der Waals surface area contributed by atoms with Crippen LogP contribution >= 0.6 is 0 Å². The zero-order valence-electron chi connectivity index (χ0n) is 14.5. The number of anilines is 1. The highest BCUT2D eigenvalue weighted by Crippen LogP contribution is 2.38. The molecular formula is C20H22F3NO. The monoisotopic (exact) mass is 349 g/mol. The van der Waals surface area contributed by atoms with Crippen molar-refractivity contribution in [2.75, 3.05) is 5.32 Å². The van der Waals surface area contributed by atoms with Crippen molar-refractivity contribution >= 4 is 11.6 Å². The van der Waals surface area contributed by atoms with Crippen LogP contribution in [0.25, 0.3) is 0 Å². The SMILES string of the molecule is CCc1ccc(C(C(=O)Nc2cccc(C)c2)C(C)C(F)(F)F)cc1. The first-order valence-electron chi connectivity index (χ1n) is 8.25. The van der Waals surface area contributed by atoms with Crippen molar-refractivity contribution in [2.24, 2.45) is 5.92 Å². The molecule has 5 heteroatoms. The molecule has 0 spiro atoms. The Morgan fingerprint density at radius 2 is 1.76 bits per heavy atom. The van der Waals surface area contributed by atoms with E-state index in [1.54, 1.807) is 42.5 Å². The summed E-state index contributed by atoms with van der Waals surface area (Å²) in [7, 11) is 0. The van der Waals surface area contributed by atoms with Crippen LogP contribution in [0.5, 0.6) is 0 Å². The summed E-state index contributed by atoms with van der Waals surface area (Å²) in [5, 5.41) is 2.62. The van der Waals surface area contributed by atoms with Crippen LogP contribution in [0.3, 0.4) is 0 Å². The number of carbonyl (C=O) groups is 1. The molecule has 0 bridgehead atoms. The van der Waals surface area contributed by atoms with E-state index in [0.717, 1.165) is 24.5 Å². The highest BCUT2D eigenvalue weighted by atomic mass is 19.4. The van der Waals surface area contributed by atoms with E-state index in [-0.39, 0.29) is 0 Å². The van der Waals surface area contributed by atoms with E-state index in [1.165, 1.54) is 0 Å². The second kappa shape index (κ2) is 7.72. The molecular weight excluding hydrogens is 327 g/mol. The third-order valence-electron chi connectivity index (χ3n) is 4.33. The summed E-state index contributed by atoms with van der Waals surface area (Å²) in [6.07, 6.45) is -3.67. The Labute approximate surface area is 146 Å². The van der Waals surface area contributed by atoms with Gasteiger partial charge in [0, 0.05) is 5.69 Å². The smallest absolute Gasteiger partial charge is 0.326 e. The van der Waals surface area contributed by atoms with Gasteiger partial charge in [-0.25, -0.2) is 0 Å². The maximum absolute atomic E-state index is 13.3. The van der Waals surface area contributed by atoms with Gasteiger partial charge in [-0.15, -0.1) is 0 Å². The van der Waals surface area contributed by atoms with E-state index < -0.39 is 23.9 Å². The molecule has 0 fully saturated rings. The highest BCUT2D eigenvalue weighted by molar-refractivity contribution is 5.96. The maximum Gasteiger partial charge on any atom is 0.392 e. The van der Waals surface area contributed by atoms with Gasteiger partial charge in [0.2, 0.25) is 5.91 Å². The molecule has 1 N–H and O–H groups in total. The number of carbonyl (C=O) groups excluding carboxylic acids is 1. The van der Waals surface area contributed by atoms with Crippen LogP contribution in [0, 0.1) is 12.8 Å². The lowest BCUT2D eigenvalue weighted by atomic mass is 9.85. The van der Waals surface area contributed by atoms with Crippen LogP contribution in [0.2, 0.25) is 0 Å². The quantitative estimate of drug-likeness (QED) is 0.761. The average molecular weight is 349 g/mol. The summed E-state index contributed by atoms with van der Waals surface area (Å²) in [6, 6.07) is 13.8. The molecule has 2 aromatic rings. The summed E-state index contributed by atoms with van der Waals surface area (Å²) in [5.74, 6) is -3.74. The number of rotatable bonds is 5. The molecule has 2 rings (SSSR count). The molecule has 0 heterocycles. The largest absolute Gasteiger partial charge is 0.392 e. The van der Waals surface area contributed by atoms with Gasteiger partial charge in [-0.3, -0.25) is 4.79 Å². The first-order valence-corrected chi connectivity index (χ1v) is 8.25. The van der Waals surface area contributed by atoms with Crippen LogP contribution < -0.4 is 5.32 Å². The number of halogens is 3. The van der Waals surface area contributed by atoms with Crippen LogP contribution in [0.15, 0.2) is 48.5 Å². The minimum absolute atomic E-state index is 0.368. The fraction of sp³-hybridized carbons (Fsp3) is 0.350. The number of benzene rings is 2. The van der Waals surface area contributed by atoms with Crippen molar-refractivity contribution in [3.8, 4) is 0 Å². The Morgan fingerprint density at radius 1 is 1.12 bits per heavy atom. The zero-order chi connectivity index (χ0) is 18.6. The average Bonchev–Trinajstić information content (AvgIpc) is 2.54. The van der Waals surface area contributed by atoms with Crippen molar-refractivity contribution < 1.29 is 18.0 Å². The van der Waals surface area contributed by atoms with Crippen LogP contribution in [0.4, 0.5) is 18.9 Å². The summed E-state index contributed by atoms with van der Waals surface area (Å²) in [5.41, 5.74) is 2.80. The lowest BCUT2D eigenvalue weighted by molar-refractivity contribution is -0.178. The fourth-order valence-corrected chi connectivity index (χ4v) is 2.76. The molecule has 2 nitrogen and oxygen atoms in total. The lowest BCUT2D eigenvalue weighted by Gasteiger charge is -2.26. The number of hydrogen-bond acceptors (Lipinski definition) is 1. The number of amides is 1. The van der Waals surface area contributed by atoms with Crippen LogP contribution in [-0.2, 0) is 11.2 Å². The van der Waals surface area contributed by atoms with Gasteiger partial charge in [0.25, 0.3) is 0 Å². The van der Waals surface area contributed by atoms with Crippen molar-refractivity contribution in [3.05, 3.63) is 65.2 Å². The molecule has 2 aromatic carbocycles. The summed E-state index contributed by atoms with van der Waals surface area (Å²) >= 11 is 0. The topological polar surface area (TPSA) is 29.1 Å². The maximum atomic E-state index is 13.3. The Balaban J connectivity index is 2.34. The van der Waals surface area contributed by atoms with Crippen molar-refractivity contribution in [3.63, 3.8) is 0 Å². The van der Waals surface area contributed by atoms with E-state index in [2.05, 4.69) is 5.32 Å². The minimum atomic E-state index is -4.46. The molecule has 0 saturated carbocycles. The molecule has 0 aliphatic carbocycles. The van der Waals surface area contributed by atoms with Crippen molar-refractivity contribution in [2.45, 2.75) is 39.3 Å². The first kappa shape index (κ1) is 19.0. The molecule has 0 radical (unpaired) electrons. The summed E-state index contributed by atoms with van der Waals surface area (Å²) < 4.78 is 39.9.